The molecule has 2 saturated carbocycles. The molecule has 13 heteroatoms. The first kappa shape index (κ1) is 35.3. The highest BCUT2D eigenvalue weighted by Gasteiger charge is 2.65. The van der Waals surface area contributed by atoms with Crippen LogP contribution in [0.25, 0.3) is 22.2 Å². The van der Waals surface area contributed by atoms with Crippen molar-refractivity contribution in [1.82, 2.24) is 28.3 Å². The summed E-state index contributed by atoms with van der Waals surface area (Å²) in [6.45, 7) is 5.38. The molecule has 1 saturated heterocycles. The van der Waals surface area contributed by atoms with E-state index in [0.29, 0.717) is 32.0 Å². The van der Waals surface area contributed by atoms with Crippen molar-refractivity contribution in [2.45, 2.75) is 82.8 Å². The molecular formula is C38H50N6O6S. The van der Waals surface area contributed by atoms with Gasteiger partial charge in [0.1, 0.15) is 5.75 Å². The fourth-order valence-corrected chi connectivity index (χ4v) is 9.64. The number of amides is 4. The van der Waals surface area contributed by atoms with Gasteiger partial charge in [-0.05, 0) is 80.5 Å². The second-order valence-corrected chi connectivity index (χ2v) is 17.4. The second-order valence-electron chi connectivity index (χ2n) is 15.5. The number of hydrogen-bond acceptors (Lipinski definition) is 6. The number of urea groups is 1. The van der Waals surface area contributed by atoms with Gasteiger partial charge < -0.3 is 24.0 Å². The minimum Gasteiger partial charge on any atom is -0.497 e. The van der Waals surface area contributed by atoms with Gasteiger partial charge in [0.05, 0.1) is 18.2 Å². The number of carbonyl (C=O) groups is 3. The molecule has 4 aliphatic rings. The third-order valence-electron chi connectivity index (χ3n) is 11.7. The van der Waals surface area contributed by atoms with Crippen molar-refractivity contribution in [2.75, 3.05) is 48.4 Å². The molecular weight excluding hydrogens is 669 g/mol. The maximum atomic E-state index is 15.1. The first-order valence-electron chi connectivity index (χ1n) is 18.1. The molecule has 0 radical (unpaired) electrons. The number of rotatable bonds is 6. The van der Waals surface area contributed by atoms with Gasteiger partial charge >= 0.3 is 16.2 Å². The van der Waals surface area contributed by atoms with Crippen LogP contribution in [0.3, 0.4) is 0 Å². The Balaban J connectivity index is 1.39. The Kier molecular flexibility index (Phi) is 8.89. The molecule has 3 unspecified atom stereocenters. The Morgan fingerprint density at radius 2 is 1.63 bits per heavy atom. The summed E-state index contributed by atoms with van der Waals surface area (Å²) in [4.78, 5) is 46.9. The highest BCUT2D eigenvalue weighted by molar-refractivity contribution is 7.87. The van der Waals surface area contributed by atoms with E-state index in [1.807, 2.05) is 35.8 Å². The van der Waals surface area contributed by atoms with Crippen LogP contribution in [0.15, 0.2) is 36.4 Å². The molecule has 0 bridgehead atoms. The topological polar surface area (TPSA) is 124 Å². The van der Waals surface area contributed by atoms with Crippen LogP contribution in [-0.2, 0) is 21.5 Å². The minimum atomic E-state index is -4.00. The van der Waals surface area contributed by atoms with Crippen molar-refractivity contribution in [3.05, 3.63) is 53.1 Å². The normalized spacial score (nSPS) is 24.7. The fraction of sp³-hybridized carbons (Fsp3) is 0.553. The summed E-state index contributed by atoms with van der Waals surface area (Å²) in [7, 11) is 3.90. The lowest BCUT2D eigenvalue weighted by Crippen LogP contribution is -2.62. The highest BCUT2D eigenvalue weighted by Crippen LogP contribution is 2.66. The maximum Gasteiger partial charge on any atom is 0.319 e. The molecule has 0 spiro atoms. The van der Waals surface area contributed by atoms with Crippen LogP contribution in [-0.4, -0.2) is 110 Å². The van der Waals surface area contributed by atoms with Crippen LogP contribution in [0.1, 0.15) is 85.7 Å². The van der Waals surface area contributed by atoms with Crippen molar-refractivity contribution < 1.29 is 27.5 Å². The first-order chi connectivity index (χ1) is 24.2. The number of fused-ring (bicyclic) bond motifs is 7. The van der Waals surface area contributed by atoms with E-state index in [-0.39, 0.29) is 35.5 Å². The van der Waals surface area contributed by atoms with Gasteiger partial charge in [-0.3, -0.25) is 9.59 Å². The quantitative estimate of drug-likeness (QED) is 0.383. The highest BCUT2D eigenvalue weighted by atomic mass is 32.2. The van der Waals surface area contributed by atoms with Crippen molar-refractivity contribution in [3.63, 3.8) is 0 Å². The number of methoxy groups -OCH3 is 1. The molecule has 1 N–H and O–H groups in total. The lowest BCUT2D eigenvalue weighted by Gasteiger charge is -2.46. The molecule has 4 amide bonds. The van der Waals surface area contributed by atoms with Crippen molar-refractivity contribution in [1.29, 1.82) is 0 Å². The van der Waals surface area contributed by atoms with E-state index in [0.717, 1.165) is 63.5 Å². The molecule has 7 rings (SSSR count). The van der Waals surface area contributed by atoms with Gasteiger partial charge in [-0.25, -0.2) is 9.52 Å². The van der Waals surface area contributed by atoms with Crippen LogP contribution in [0.2, 0.25) is 0 Å². The Morgan fingerprint density at radius 1 is 0.941 bits per heavy atom. The predicted molar refractivity (Wildman–Crippen MR) is 196 cm³/mol. The van der Waals surface area contributed by atoms with Crippen LogP contribution >= 0.6 is 0 Å². The number of aromatic nitrogens is 1. The summed E-state index contributed by atoms with van der Waals surface area (Å²) in [5, 5.41) is 1.03. The zero-order valence-corrected chi connectivity index (χ0v) is 31.5. The van der Waals surface area contributed by atoms with Gasteiger partial charge in [0.25, 0.3) is 5.91 Å². The maximum absolute atomic E-state index is 15.1. The zero-order valence-electron chi connectivity index (χ0n) is 30.7. The number of piperazine rings is 1. The first-order valence-corrected chi connectivity index (χ1v) is 19.5. The minimum absolute atomic E-state index is 0.0400. The predicted octanol–water partition coefficient (Wildman–Crippen LogP) is 4.99. The number of nitrogens with one attached hydrogen (secondary N) is 1. The average Bonchev–Trinajstić information content (AvgIpc) is 3.77. The number of hydrogen-bond donors (Lipinski definition) is 1. The third-order valence-corrected chi connectivity index (χ3v) is 13.1. The van der Waals surface area contributed by atoms with E-state index in [9.17, 15) is 18.0 Å². The molecule has 274 valence electrons. The number of carbonyl (C=O) groups excluding carboxylic acids is 3. The molecule has 12 nitrogen and oxygen atoms in total. The van der Waals surface area contributed by atoms with Gasteiger partial charge in [-0.2, -0.15) is 12.7 Å². The van der Waals surface area contributed by atoms with Crippen LogP contribution in [0, 0.1) is 5.41 Å². The zero-order chi connectivity index (χ0) is 36.6. The third kappa shape index (κ3) is 5.86. The fourth-order valence-electron chi connectivity index (χ4n) is 9.11. The summed E-state index contributed by atoms with van der Waals surface area (Å²) >= 11 is 0. The summed E-state index contributed by atoms with van der Waals surface area (Å²) in [6, 6.07) is 11.3. The Morgan fingerprint density at radius 3 is 2.25 bits per heavy atom. The smallest absolute Gasteiger partial charge is 0.319 e. The number of benzene rings is 2. The molecule has 4 atom stereocenters. The Hall–Kier alpha value is -4.10. The molecule has 3 heterocycles. The Bertz CT molecular complexity index is 2010. The van der Waals surface area contributed by atoms with Crippen molar-refractivity contribution >= 4 is 39.0 Å². The van der Waals surface area contributed by atoms with Gasteiger partial charge in [0.15, 0.2) is 0 Å². The van der Waals surface area contributed by atoms with E-state index in [2.05, 4.69) is 21.4 Å². The SMILES string of the molecule is COc1ccc2c(c1)C1CC1(C(=O)N1C(C)CN(C(=O)N(C)C)C[C@@H]1C)Cn1c-2c(C2CCCCC2)c2ccc(C(=O)NS(=O)(=O)N(C)C)cc21. The molecule has 3 fully saturated rings. The largest absolute Gasteiger partial charge is 0.497 e. The summed E-state index contributed by atoms with van der Waals surface area (Å²) < 4.78 is 36.4. The molecule has 2 aromatic carbocycles. The van der Waals surface area contributed by atoms with E-state index in [1.54, 1.807) is 38.2 Å². The van der Waals surface area contributed by atoms with E-state index < -0.39 is 21.5 Å². The van der Waals surface area contributed by atoms with Gasteiger partial charge in [-0.1, -0.05) is 25.3 Å². The van der Waals surface area contributed by atoms with Crippen LogP contribution in [0.5, 0.6) is 5.75 Å². The lowest BCUT2D eigenvalue weighted by atomic mass is 9.81. The van der Waals surface area contributed by atoms with E-state index in [4.69, 9.17) is 4.74 Å². The molecule has 3 aromatic rings. The van der Waals surface area contributed by atoms with Crippen molar-refractivity contribution in [3.8, 4) is 17.0 Å². The second kappa shape index (κ2) is 12.8. The summed E-state index contributed by atoms with van der Waals surface area (Å²) in [5.74, 6) is 0.385. The molecule has 2 aliphatic carbocycles. The molecule has 1 aromatic heterocycles. The average molecular weight is 719 g/mol. The van der Waals surface area contributed by atoms with E-state index >= 15 is 4.79 Å². The number of nitrogens with zero attached hydrogens (tertiary/aromatic N) is 5. The summed E-state index contributed by atoms with van der Waals surface area (Å²) in [5.41, 5.74) is 4.81. The van der Waals surface area contributed by atoms with Crippen LogP contribution < -0.4 is 9.46 Å². The Labute approximate surface area is 300 Å². The molecule has 51 heavy (non-hydrogen) atoms. The van der Waals surface area contributed by atoms with Crippen molar-refractivity contribution in [2.24, 2.45) is 5.41 Å². The van der Waals surface area contributed by atoms with E-state index in [1.165, 1.54) is 26.1 Å². The standard InChI is InChI=1S/C38H50N6O6S/c1-23-20-42(37(47)40(3)4)21-24(2)44(23)36(46)38-19-31(38)30-18-27(50-7)14-16-28(30)34-33(25-11-9-8-10-12-25)29-15-13-26(17-32(29)43(34)22-38)35(45)39-51(48,49)41(5)6/h13-18,23-25,31H,8-12,19-22H2,1-7H3,(H,39,45)/t23-,24?,31?,38?/m0/s1. The lowest BCUT2D eigenvalue weighted by molar-refractivity contribution is -0.145. The van der Waals surface area contributed by atoms with Gasteiger partial charge in [0, 0.05) is 87.9 Å². The van der Waals surface area contributed by atoms with Gasteiger partial charge in [-0.15, -0.1) is 0 Å². The summed E-state index contributed by atoms with van der Waals surface area (Å²) in [6.07, 6.45) is 6.25. The molecule has 2 aliphatic heterocycles. The van der Waals surface area contributed by atoms with Gasteiger partial charge in [0.2, 0.25) is 5.91 Å². The monoisotopic (exact) mass is 718 g/mol. The van der Waals surface area contributed by atoms with Crippen LogP contribution in [0.4, 0.5) is 4.79 Å². The number of ether oxygens (including phenoxy) is 1.